The van der Waals surface area contributed by atoms with Gasteiger partial charge >= 0.3 is 5.97 Å². The first-order chi connectivity index (χ1) is 47.7. The molecule has 17 atom stereocenters. The van der Waals surface area contributed by atoms with Crippen molar-refractivity contribution in [1.82, 2.24) is 37.2 Å². The lowest BCUT2D eigenvalue weighted by atomic mass is 9.88. The number of phenolic OH excluding ortho intramolecular Hbond substituents is 3. The van der Waals surface area contributed by atoms with Gasteiger partial charge in [-0.05, 0) is 110 Å². The van der Waals surface area contributed by atoms with Gasteiger partial charge in [-0.2, -0.15) is 0 Å². The average molecular weight is 1450 g/mol. The number of primary amides is 1. The number of carbonyl (C=O) groups excluding carboxylic acids is 8. The number of rotatable bonds is 13. The standard InChI is InChI=1S/C66H73Cl2N9O24/c1-23(2)12-34(71-5)58(88)76-49-51(83)26-7-10-38(32(67)14-26)97-40-16-28-17-41(56(40)101-65-54(86)53(85)52(84)42(22-78)99-65)98-39-11-8-27(15-33(39)68)55(100-44-21-66(4,70)57(87)24(3)96-44)50-63(93)75-48(64(94)95)31-18-29(79)19-37(81)45(31)30-13-25(6-9-36(30)80)46(60(90)77-50)74-61(91)47(28)73-59(89)35(20-43(69)82)72-62(49)92/h6-11,13-19,23-24,34-35,42,44,46-55,65,71,78-81,83-86H,12,20-22,70H2,1-5H3,(H2,69,82)(H,72,92)(H,73,89)(H,74,91)(H,75,93)(H,76,88)(H,77,90)(H,94,95)/t24-,34+,35-,42+,44-,46+,47+,48-,49+,50-,51+,52-,53+,54-,55+,65-,66-/m0/s1. The number of hydrogen-bond donors (Lipinski definition) is 18. The summed E-state index contributed by atoms with van der Waals surface area (Å²) in [6.07, 6.45) is -18.1. The first kappa shape index (κ1) is 74.2. The third-order valence-corrected chi connectivity index (χ3v) is 18.1. The number of nitrogens with two attached hydrogens (primary N) is 2. The Morgan fingerprint density at radius 3 is 1.93 bits per heavy atom. The van der Waals surface area contributed by atoms with Crippen molar-refractivity contribution in [2.24, 2.45) is 17.4 Å². The van der Waals surface area contributed by atoms with Gasteiger partial charge in [0.05, 0.1) is 34.7 Å². The minimum atomic E-state index is -2.35. The van der Waals surface area contributed by atoms with Crippen molar-refractivity contribution in [3.05, 3.63) is 117 Å². The molecule has 7 heterocycles. The SMILES string of the molecule is CN[C@H](CC(C)C)C(=O)N[C@H]1C(=O)N[C@@H](CC(N)=O)C(=O)N[C@H]2C(=O)N[C@H]3C(=O)N[C@H](C(=O)N[C@H](C(=O)O)c4cc(O)cc(O)c4-c4cc3ccc4O)[C@H](O[C@H]3C[C@](C)(N)C(=O)[C@H](C)O3)c3ccc(c(Cl)c3)Oc3cc2cc(c3O[C@@H]2O[C@H](CO)[C@H](O)[C@@H](O)[C@@H]2O)Oc2ccc(cc2Cl)[C@H]1O. The van der Waals surface area contributed by atoms with Gasteiger partial charge in [0.2, 0.25) is 53.4 Å². The fourth-order valence-electron chi connectivity index (χ4n) is 12.4. The first-order valence-corrected chi connectivity index (χ1v) is 32.2. The molecule has 7 amide bonds. The van der Waals surface area contributed by atoms with E-state index in [-0.39, 0.29) is 39.8 Å². The van der Waals surface area contributed by atoms with E-state index in [1.165, 1.54) is 39.1 Å². The molecule has 2 saturated heterocycles. The number of carboxylic acids is 1. The predicted molar refractivity (Wildman–Crippen MR) is 348 cm³/mol. The van der Waals surface area contributed by atoms with Crippen LogP contribution in [0.5, 0.6) is 46.0 Å². The van der Waals surface area contributed by atoms with Crippen LogP contribution in [-0.4, -0.2) is 186 Å². The van der Waals surface area contributed by atoms with E-state index < -0.39 is 243 Å². The van der Waals surface area contributed by atoms with Gasteiger partial charge in [-0.15, -0.1) is 0 Å². The second kappa shape index (κ2) is 30.0. The van der Waals surface area contributed by atoms with E-state index in [9.17, 15) is 69.9 Å². The zero-order valence-electron chi connectivity index (χ0n) is 54.2. The molecule has 5 aromatic carbocycles. The van der Waals surface area contributed by atoms with Crippen molar-refractivity contribution >= 4 is 76.3 Å². The smallest absolute Gasteiger partial charge is 0.330 e. The molecule has 0 aliphatic carbocycles. The Kier molecular flexibility index (Phi) is 22.0. The van der Waals surface area contributed by atoms with Crippen LogP contribution in [0.15, 0.2) is 78.9 Å². The number of ketones is 1. The maximum Gasteiger partial charge on any atom is 0.330 e. The summed E-state index contributed by atoms with van der Waals surface area (Å²) in [4.78, 5) is 132. The molecule has 0 saturated carbocycles. The Morgan fingerprint density at radius 1 is 0.713 bits per heavy atom. The quantitative estimate of drug-likeness (QED) is 0.0754. The summed E-state index contributed by atoms with van der Waals surface area (Å²) in [6, 6.07) is -0.561. The number of nitrogens with one attached hydrogen (secondary N) is 7. The van der Waals surface area contributed by atoms with Gasteiger partial charge in [-0.25, -0.2) is 4.79 Å². The van der Waals surface area contributed by atoms with Gasteiger partial charge in [-0.3, -0.25) is 38.4 Å². The van der Waals surface area contributed by atoms with Crippen LogP contribution in [0.25, 0.3) is 11.1 Å². The van der Waals surface area contributed by atoms with E-state index in [1.54, 1.807) is 0 Å². The number of fused-ring (bicyclic) bond motifs is 15. The summed E-state index contributed by atoms with van der Waals surface area (Å²) in [5, 5.41) is 118. The van der Waals surface area contributed by atoms with Crippen molar-refractivity contribution in [1.29, 1.82) is 0 Å². The van der Waals surface area contributed by atoms with Crippen LogP contribution in [0.4, 0.5) is 0 Å². The van der Waals surface area contributed by atoms with Crippen LogP contribution in [0.1, 0.15) is 105 Å². The molecule has 0 radical (unpaired) electrons. The number of aliphatic carboxylic acids is 1. The number of carbonyl (C=O) groups is 9. The van der Waals surface area contributed by atoms with Crippen molar-refractivity contribution in [2.45, 2.75) is 150 Å². The highest BCUT2D eigenvalue weighted by Gasteiger charge is 2.49. The topological polar surface area (TPSA) is 527 Å². The van der Waals surface area contributed by atoms with Gasteiger partial charge in [-0.1, -0.05) is 55.2 Å². The third-order valence-electron chi connectivity index (χ3n) is 17.5. The maximum atomic E-state index is 16.1. The van der Waals surface area contributed by atoms with Gasteiger partial charge in [0.25, 0.3) is 0 Å². The van der Waals surface area contributed by atoms with E-state index in [2.05, 4.69) is 37.2 Å². The first-order valence-electron chi connectivity index (χ1n) is 31.5. The van der Waals surface area contributed by atoms with Crippen LogP contribution >= 0.6 is 23.2 Å². The van der Waals surface area contributed by atoms with Crippen LogP contribution in [0.3, 0.4) is 0 Å². The second-order valence-electron chi connectivity index (χ2n) is 25.5. The van der Waals surface area contributed by atoms with E-state index in [0.29, 0.717) is 0 Å². The number of halogens is 2. The summed E-state index contributed by atoms with van der Waals surface area (Å²) in [6.45, 7) is 5.40. The number of aliphatic hydroxyl groups excluding tert-OH is 5. The minimum Gasteiger partial charge on any atom is -0.508 e. The number of aliphatic hydroxyl groups is 5. The number of aromatic hydroxyl groups is 3. The molecule has 35 heteroatoms. The molecule has 7 aliphatic heterocycles. The summed E-state index contributed by atoms with van der Waals surface area (Å²) >= 11 is 14.2. The molecule has 101 heavy (non-hydrogen) atoms. The number of ether oxygens (including phenoxy) is 6. The average Bonchev–Trinajstić information content (AvgIpc) is 0.770. The molecular formula is C66H73Cl2N9O24. The fraction of sp³-hybridized carbons (Fsp3) is 0.409. The number of amides is 7. The highest BCUT2D eigenvalue weighted by molar-refractivity contribution is 6.32. The molecule has 5 aromatic rings. The maximum absolute atomic E-state index is 16.1. The molecule has 2 fully saturated rings. The van der Waals surface area contributed by atoms with Crippen molar-refractivity contribution in [2.75, 3.05) is 13.7 Å². The molecule has 540 valence electrons. The number of benzene rings is 5. The molecule has 12 rings (SSSR count). The zero-order valence-corrected chi connectivity index (χ0v) is 55.7. The lowest BCUT2D eigenvalue weighted by molar-refractivity contribution is -0.277. The molecule has 0 spiro atoms. The van der Waals surface area contributed by atoms with E-state index >= 15 is 19.2 Å². The van der Waals surface area contributed by atoms with Crippen LogP contribution in [0.2, 0.25) is 10.0 Å². The van der Waals surface area contributed by atoms with Gasteiger partial charge in [0, 0.05) is 29.2 Å². The second-order valence-corrected chi connectivity index (χ2v) is 26.3. The Hall–Kier alpha value is -9.49. The Morgan fingerprint density at radius 2 is 1.33 bits per heavy atom. The lowest BCUT2D eigenvalue weighted by Gasteiger charge is -2.40. The number of phenols is 3. The molecule has 33 nitrogen and oxygen atoms in total. The largest absolute Gasteiger partial charge is 0.508 e. The highest BCUT2D eigenvalue weighted by atomic mass is 35.5. The van der Waals surface area contributed by atoms with Crippen molar-refractivity contribution in [3.8, 4) is 57.1 Å². The normalized spacial score (nSPS) is 28.7. The molecular weight excluding hydrogens is 1370 g/mol. The number of Topliss-reactive ketones (excluding diaryl/α,β-unsaturated/α-hetero) is 1. The van der Waals surface area contributed by atoms with Crippen LogP contribution < -0.4 is 62.9 Å². The zero-order chi connectivity index (χ0) is 73.5. The van der Waals surface area contributed by atoms with Gasteiger partial charge in [0.15, 0.2) is 29.6 Å². The Labute approximate surface area is 583 Å². The van der Waals surface area contributed by atoms with E-state index in [1.807, 2.05) is 13.8 Å². The van der Waals surface area contributed by atoms with Gasteiger partial charge < -0.3 is 123 Å². The van der Waals surface area contributed by atoms with Crippen molar-refractivity contribution < 1.29 is 118 Å². The molecule has 11 bridgehead atoms. The van der Waals surface area contributed by atoms with Crippen LogP contribution in [-0.2, 0) is 57.4 Å². The highest BCUT2D eigenvalue weighted by Crippen LogP contribution is 2.50. The fourth-order valence-corrected chi connectivity index (χ4v) is 12.8. The molecule has 0 unspecified atom stereocenters. The third kappa shape index (κ3) is 15.7. The summed E-state index contributed by atoms with van der Waals surface area (Å²) in [7, 11) is 1.47. The minimum absolute atomic E-state index is 0.0975. The summed E-state index contributed by atoms with van der Waals surface area (Å²) in [5.74, 6) is -16.7. The monoisotopic (exact) mass is 1450 g/mol. The van der Waals surface area contributed by atoms with E-state index in [0.717, 1.165) is 60.7 Å². The number of hydrogen-bond acceptors (Lipinski definition) is 25. The molecule has 7 aliphatic rings. The van der Waals surface area contributed by atoms with Gasteiger partial charge in [0.1, 0.15) is 102 Å². The lowest BCUT2D eigenvalue weighted by Crippen LogP contribution is -2.60. The molecule has 20 N–H and O–H groups in total. The predicted octanol–water partition coefficient (Wildman–Crippen LogP) is 0.314. The molecule has 0 aromatic heterocycles. The summed E-state index contributed by atoms with van der Waals surface area (Å²) < 4.78 is 37.8. The van der Waals surface area contributed by atoms with Crippen LogP contribution in [0, 0.1) is 5.92 Å². The Bertz CT molecular complexity index is 4130. The summed E-state index contributed by atoms with van der Waals surface area (Å²) in [5.41, 5.74) is 7.78. The van der Waals surface area contributed by atoms with Crippen molar-refractivity contribution in [3.63, 3.8) is 0 Å². The van der Waals surface area contributed by atoms with E-state index in [4.69, 9.17) is 63.1 Å². The Balaban J connectivity index is 1.26. The number of likely N-dealkylation sites (N-methyl/N-ethyl adjacent to an activating group) is 1. The number of carboxylic acid groups (broad SMARTS) is 1.